The van der Waals surface area contributed by atoms with Gasteiger partial charge in [-0.25, -0.2) is 23.4 Å². The normalized spacial score (nSPS) is 17.5. The molecule has 3 aromatic rings. The lowest BCUT2D eigenvalue weighted by atomic mass is 10.3. The van der Waals surface area contributed by atoms with E-state index in [1.54, 1.807) is 42.4 Å². The molecule has 3 heterocycles. The zero-order valence-corrected chi connectivity index (χ0v) is 15.0. The molecule has 4 rings (SSSR count). The second kappa shape index (κ2) is 5.57. The SMILES string of the molecule is O=S(=O)(C[C@H]1CSc2ncnc3ncn1c23)c1ccc(Br)cc1. The van der Waals surface area contributed by atoms with Crippen LogP contribution in [-0.2, 0) is 9.84 Å². The van der Waals surface area contributed by atoms with Gasteiger partial charge >= 0.3 is 0 Å². The van der Waals surface area contributed by atoms with Crippen molar-refractivity contribution >= 4 is 48.7 Å². The summed E-state index contributed by atoms with van der Waals surface area (Å²) in [5.41, 5.74) is 1.42. The van der Waals surface area contributed by atoms with Gasteiger partial charge in [0, 0.05) is 10.2 Å². The Morgan fingerprint density at radius 3 is 2.78 bits per heavy atom. The highest BCUT2D eigenvalue weighted by atomic mass is 79.9. The molecular weight excluding hydrogens is 400 g/mol. The highest BCUT2D eigenvalue weighted by Gasteiger charge is 2.29. The van der Waals surface area contributed by atoms with Crippen molar-refractivity contribution in [1.82, 2.24) is 19.5 Å². The third-order valence-electron chi connectivity index (χ3n) is 3.72. The van der Waals surface area contributed by atoms with E-state index in [4.69, 9.17) is 0 Å². The van der Waals surface area contributed by atoms with Gasteiger partial charge in [-0.15, -0.1) is 11.8 Å². The standard InChI is InChI=1S/C14H11BrN4O2S2/c15-9-1-3-11(4-2-9)23(20,21)6-10-5-22-14-12-13(16-7-17-14)18-8-19(10)12/h1-4,7-8,10H,5-6H2/t10-/m1/s1. The van der Waals surface area contributed by atoms with Crippen LogP contribution in [0.1, 0.15) is 6.04 Å². The molecule has 1 aliphatic heterocycles. The molecule has 0 amide bonds. The van der Waals surface area contributed by atoms with Gasteiger partial charge in [-0.05, 0) is 24.3 Å². The third kappa shape index (κ3) is 2.66. The maximum Gasteiger partial charge on any atom is 0.181 e. The van der Waals surface area contributed by atoms with Gasteiger partial charge < -0.3 is 4.57 Å². The number of aromatic nitrogens is 4. The second-order valence-electron chi connectivity index (χ2n) is 5.20. The Hall–Kier alpha value is -1.45. The van der Waals surface area contributed by atoms with Gasteiger partial charge in [0.1, 0.15) is 16.9 Å². The van der Waals surface area contributed by atoms with Crippen LogP contribution in [0.25, 0.3) is 11.2 Å². The number of hydrogen-bond acceptors (Lipinski definition) is 6. The molecule has 1 aliphatic rings. The minimum atomic E-state index is -3.38. The quantitative estimate of drug-likeness (QED) is 0.617. The minimum Gasteiger partial charge on any atom is -0.322 e. The molecule has 1 atom stereocenters. The summed E-state index contributed by atoms with van der Waals surface area (Å²) in [6.07, 6.45) is 3.14. The summed E-state index contributed by atoms with van der Waals surface area (Å²) in [6, 6.07) is 6.53. The Balaban J connectivity index is 1.71. The first-order chi connectivity index (χ1) is 11.0. The van der Waals surface area contributed by atoms with E-state index in [2.05, 4.69) is 30.9 Å². The first-order valence-electron chi connectivity index (χ1n) is 6.83. The highest BCUT2D eigenvalue weighted by Crippen LogP contribution is 2.35. The van der Waals surface area contributed by atoms with E-state index in [1.165, 1.54) is 6.33 Å². The topological polar surface area (TPSA) is 77.7 Å². The van der Waals surface area contributed by atoms with Gasteiger partial charge in [0.25, 0.3) is 0 Å². The number of rotatable bonds is 3. The first kappa shape index (κ1) is 15.1. The number of sulfone groups is 1. The zero-order valence-electron chi connectivity index (χ0n) is 11.8. The molecule has 1 aromatic carbocycles. The lowest BCUT2D eigenvalue weighted by Gasteiger charge is -2.23. The van der Waals surface area contributed by atoms with Gasteiger partial charge in [-0.1, -0.05) is 15.9 Å². The maximum absolute atomic E-state index is 12.7. The van der Waals surface area contributed by atoms with E-state index in [0.29, 0.717) is 16.3 Å². The van der Waals surface area contributed by atoms with Crippen molar-refractivity contribution in [2.24, 2.45) is 0 Å². The second-order valence-corrected chi connectivity index (χ2v) is 9.16. The van der Waals surface area contributed by atoms with Crippen molar-refractivity contribution in [2.75, 3.05) is 11.5 Å². The highest BCUT2D eigenvalue weighted by molar-refractivity contribution is 9.10. The van der Waals surface area contributed by atoms with Crippen molar-refractivity contribution in [3.63, 3.8) is 0 Å². The van der Waals surface area contributed by atoms with Gasteiger partial charge in [0.05, 0.1) is 23.0 Å². The van der Waals surface area contributed by atoms with Gasteiger partial charge in [-0.3, -0.25) is 0 Å². The van der Waals surface area contributed by atoms with Crippen LogP contribution in [0.15, 0.2) is 51.3 Å². The van der Waals surface area contributed by atoms with Crippen LogP contribution in [0.3, 0.4) is 0 Å². The molecule has 2 aromatic heterocycles. The molecule has 0 unspecified atom stereocenters. The van der Waals surface area contributed by atoms with Crippen LogP contribution in [-0.4, -0.2) is 39.4 Å². The van der Waals surface area contributed by atoms with Gasteiger partial charge in [0.15, 0.2) is 15.5 Å². The molecule has 0 saturated heterocycles. The van der Waals surface area contributed by atoms with Gasteiger partial charge in [-0.2, -0.15) is 0 Å². The molecule has 0 radical (unpaired) electrons. The number of imidazole rings is 1. The average molecular weight is 411 g/mol. The molecule has 9 heteroatoms. The zero-order chi connectivity index (χ0) is 16.0. The number of benzene rings is 1. The molecule has 0 N–H and O–H groups in total. The Kier molecular flexibility index (Phi) is 3.66. The van der Waals surface area contributed by atoms with E-state index < -0.39 is 9.84 Å². The fraction of sp³-hybridized carbons (Fsp3) is 0.214. The van der Waals surface area contributed by atoms with E-state index in [-0.39, 0.29) is 11.8 Å². The molecule has 6 nitrogen and oxygen atoms in total. The van der Waals surface area contributed by atoms with Crippen LogP contribution in [0, 0.1) is 0 Å². The first-order valence-corrected chi connectivity index (χ1v) is 10.3. The number of hydrogen-bond donors (Lipinski definition) is 0. The average Bonchev–Trinajstić information content (AvgIpc) is 2.97. The smallest absolute Gasteiger partial charge is 0.181 e. The van der Waals surface area contributed by atoms with Crippen molar-refractivity contribution in [2.45, 2.75) is 16.0 Å². The van der Waals surface area contributed by atoms with Crippen molar-refractivity contribution in [3.05, 3.63) is 41.4 Å². The molecule has 0 bridgehead atoms. The third-order valence-corrected chi connectivity index (χ3v) is 7.19. The Bertz CT molecular complexity index is 986. The Labute approximate surface area is 145 Å². The Morgan fingerprint density at radius 2 is 2.00 bits per heavy atom. The molecule has 0 fully saturated rings. The monoisotopic (exact) mass is 410 g/mol. The Morgan fingerprint density at radius 1 is 1.22 bits per heavy atom. The van der Waals surface area contributed by atoms with E-state index >= 15 is 0 Å². The summed E-state index contributed by atoms with van der Waals surface area (Å²) < 4.78 is 28.1. The van der Waals surface area contributed by atoms with Crippen molar-refractivity contribution in [3.8, 4) is 0 Å². The fourth-order valence-electron chi connectivity index (χ4n) is 2.61. The maximum atomic E-state index is 12.7. The molecule has 23 heavy (non-hydrogen) atoms. The summed E-state index contributed by atoms with van der Waals surface area (Å²) in [4.78, 5) is 13.0. The number of halogens is 1. The molecular formula is C14H11BrN4O2S2. The summed E-state index contributed by atoms with van der Waals surface area (Å²) in [7, 11) is -3.38. The fourth-order valence-corrected chi connectivity index (χ4v) is 5.63. The van der Waals surface area contributed by atoms with Crippen LogP contribution < -0.4 is 0 Å². The van der Waals surface area contributed by atoms with Crippen LogP contribution in [0.2, 0.25) is 0 Å². The summed E-state index contributed by atoms with van der Waals surface area (Å²) in [6.45, 7) is 0. The van der Waals surface area contributed by atoms with E-state index in [0.717, 1.165) is 15.0 Å². The molecule has 118 valence electrons. The predicted octanol–water partition coefficient (Wildman–Crippen LogP) is 2.71. The van der Waals surface area contributed by atoms with Crippen LogP contribution in [0.4, 0.5) is 0 Å². The van der Waals surface area contributed by atoms with Crippen LogP contribution >= 0.6 is 27.7 Å². The number of thioether (sulfide) groups is 1. The molecule has 0 aliphatic carbocycles. The lowest BCUT2D eigenvalue weighted by molar-refractivity contribution is 0.563. The van der Waals surface area contributed by atoms with Gasteiger partial charge in [0.2, 0.25) is 0 Å². The van der Waals surface area contributed by atoms with Crippen molar-refractivity contribution < 1.29 is 8.42 Å². The number of nitrogens with zero attached hydrogens (tertiary/aromatic N) is 4. The van der Waals surface area contributed by atoms with E-state index in [9.17, 15) is 8.42 Å². The molecule has 0 spiro atoms. The van der Waals surface area contributed by atoms with Crippen LogP contribution in [0.5, 0.6) is 0 Å². The summed E-state index contributed by atoms with van der Waals surface area (Å²) in [5, 5.41) is 0.852. The summed E-state index contributed by atoms with van der Waals surface area (Å²) in [5.74, 6) is 0.673. The minimum absolute atomic E-state index is 0.0292. The molecule has 0 saturated carbocycles. The predicted molar refractivity (Wildman–Crippen MR) is 91.3 cm³/mol. The lowest BCUT2D eigenvalue weighted by Crippen LogP contribution is -2.24. The summed E-state index contributed by atoms with van der Waals surface area (Å²) >= 11 is 4.87. The van der Waals surface area contributed by atoms with E-state index in [1.807, 2.05) is 4.57 Å². The van der Waals surface area contributed by atoms with Crippen molar-refractivity contribution in [1.29, 1.82) is 0 Å². The largest absolute Gasteiger partial charge is 0.322 e.